The highest BCUT2D eigenvalue weighted by Gasteiger charge is 2.34. The molecule has 1 amide bonds. The van der Waals surface area contributed by atoms with Crippen LogP contribution in [-0.4, -0.2) is 25.5 Å². The zero-order chi connectivity index (χ0) is 17.9. The lowest BCUT2D eigenvalue weighted by Gasteiger charge is -2.13. The number of rotatable bonds is 6. The monoisotopic (exact) mass is 343 g/mol. The van der Waals surface area contributed by atoms with E-state index in [0.29, 0.717) is 5.69 Å². The predicted molar refractivity (Wildman–Crippen MR) is 80.9 cm³/mol. The molecule has 2 aromatic heterocycles. The van der Waals surface area contributed by atoms with Gasteiger partial charge in [-0.05, 0) is 26.0 Å². The number of carbonyl (C=O) groups excluding carboxylic acids is 1. The molecule has 2 rings (SSSR count). The molecular formula is C15H20F3N5O. The summed E-state index contributed by atoms with van der Waals surface area (Å²) in [5, 5.41) is 10.5. The van der Waals surface area contributed by atoms with Crippen molar-refractivity contribution in [2.24, 2.45) is 5.92 Å². The van der Waals surface area contributed by atoms with Crippen molar-refractivity contribution >= 4 is 5.91 Å². The van der Waals surface area contributed by atoms with E-state index < -0.39 is 17.8 Å². The molecule has 1 N–H and O–H groups in total. The normalized spacial score (nSPS) is 13.1. The van der Waals surface area contributed by atoms with Crippen LogP contribution in [0, 0.1) is 12.8 Å². The molecule has 0 bridgehead atoms. The zero-order valence-corrected chi connectivity index (χ0v) is 13.8. The van der Waals surface area contributed by atoms with Crippen LogP contribution in [0.1, 0.15) is 30.9 Å². The molecule has 0 radical (unpaired) electrons. The number of hydrogen-bond donors (Lipinski definition) is 1. The number of nitrogens with one attached hydrogen (secondary N) is 1. The SMILES string of the molecule is CCn1ccc(CNC(=O)C(C)Cn2nc(C(F)(F)F)cc2C)n1. The molecule has 24 heavy (non-hydrogen) atoms. The van der Waals surface area contributed by atoms with Crippen molar-refractivity contribution in [1.82, 2.24) is 24.9 Å². The lowest BCUT2D eigenvalue weighted by molar-refractivity contribution is -0.141. The van der Waals surface area contributed by atoms with Crippen molar-refractivity contribution in [3.05, 3.63) is 35.4 Å². The summed E-state index contributed by atoms with van der Waals surface area (Å²) < 4.78 is 40.9. The first-order chi connectivity index (χ1) is 11.2. The first-order valence-corrected chi connectivity index (χ1v) is 7.62. The van der Waals surface area contributed by atoms with Gasteiger partial charge in [0.25, 0.3) is 0 Å². The van der Waals surface area contributed by atoms with Gasteiger partial charge < -0.3 is 5.32 Å². The maximum absolute atomic E-state index is 12.7. The fourth-order valence-electron chi connectivity index (χ4n) is 2.20. The van der Waals surface area contributed by atoms with E-state index in [1.807, 2.05) is 19.2 Å². The molecule has 1 atom stereocenters. The number of aryl methyl sites for hydroxylation is 2. The molecule has 0 aliphatic heterocycles. The number of aromatic nitrogens is 4. The van der Waals surface area contributed by atoms with E-state index in [1.54, 1.807) is 11.6 Å². The van der Waals surface area contributed by atoms with Crippen LogP contribution in [0.25, 0.3) is 0 Å². The Morgan fingerprint density at radius 1 is 1.38 bits per heavy atom. The van der Waals surface area contributed by atoms with Crippen LogP contribution in [0.5, 0.6) is 0 Å². The van der Waals surface area contributed by atoms with Gasteiger partial charge in [-0.2, -0.15) is 23.4 Å². The molecule has 0 aliphatic rings. The van der Waals surface area contributed by atoms with Gasteiger partial charge in [0.2, 0.25) is 5.91 Å². The average molecular weight is 343 g/mol. The van der Waals surface area contributed by atoms with Gasteiger partial charge in [0.15, 0.2) is 5.69 Å². The summed E-state index contributed by atoms with van der Waals surface area (Å²) in [4.78, 5) is 12.1. The molecule has 0 fully saturated rings. The Morgan fingerprint density at radius 2 is 2.08 bits per heavy atom. The lowest BCUT2D eigenvalue weighted by Crippen LogP contribution is -2.31. The second kappa shape index (κ2) is 7.06. The van der Waals surface area contributed by atoms with E-state index in [0.717, 1.165) is 18.3 Å². The molecule has 0 aromatic carbocycles. The highest BCUT2D eigenvalue weighted by molar-refractivity contribution is 5.78. The molecule has 1 unspecified atom stereocenters. The van der Waals surface area contributed by atoms with Crippen LogP contribution in [-0.2, 0) is 30.6 Å². The zero-order valence-electron chi connectivity index (χ0n) is 13.8. The van der Waals surface area contributed by atoms with Gasteiger partial charge in [-0.15, -0.1) is 0 Å². The minimum atomic E-state index is -4.49. The average Bonchev–Trinajstić information content (AvgIpc) is 3.11. The Bertz CT molecular complexity index is 704. The summed E-state index contributed by atoms with van der Waals surface area (Å²) in [6.07, 6.45) is -2.67. The van der Waals surface area contributed by atoms with Crippen LogP contribution in [0.4, 0.5) is 13.2 Å². The molecule has 2 heterocycles. The third kappa shape index (κ3) is 4.36. The standard InChI is InChI=1S/C15H20F3N5O/c1-4-22-6-5-12(20-22)8-19-14(24)10(2)9-23-11(3)7-13(21-23)15(16,17)18/h5-7,10H,4,8-9H2,1-3H3,(H,19,24). The second-order valence-corrected chi connectivity index (χ2v) is 5.63. The summed E-state index contributed by atoms with van der Waals surface area (Å²) in [6.45, 7) is 6.24. The van der Waals surface area contributed by atoms with Crippen LogP contribution in [0.15, 0.2) is 18.3 Å². The van der Waals surface area contributed by atoms with Crippen molar-refractivity contribution in [2.75, 3.05) is 0 Å². The summed E-state index contributed by atoms with van der Waals surface area (Å²) in [7, 11) is 0. The van der Waals surface area contributed by atoms with Crippen molar-refractivity contribution in [2.45, 2.75) is 46.6 Å². The van der Waals surface area contributed by atoms with E-state index in [1.165, 1.54) is 11.6 Å². The highest BCUT2D eigenvalue weighted by Crippen LogP contribution is 2.28. The first-order valence-electron chi connectivity index (χ1n) is 7.62. The Labute approximate surface area is 137 Å². The minimum absolute atomic E-state index is 0.0805. The van der Waals surface area contributed by atoms with Crippen LogP contribution in [0.2, 0.25) is 0 Å². The number of halogens is 3. The quantitative estimate of drug-likeness (QED) is 0.876. The molecule has 0 spiro atoms. The number of amides is 1. The summed E-state index contributed by atoms with van der Waals surface area (Å²) in [5.74, 6) is -0.776. The Balaban J connectivity index is 1.93. The summed E-state index contributed by atoms with van der Waals surface area (Å²) in [6, 6.07) is 2.78. The fourth-order valence-corrected chi connectivity index (χ4v) is 2.20. The van der Waals surface area contributed by atoms with Gasteiger partial charge in [0, 0.05) is 18.4 Å². The molecule has 0 aliphatic carbocycles. The van der Waals surface area contributed by atoms with Crippen molar-refractivity contribution in [1.29, 1.82) is 0 Å². The second-order valence-electron chi connectivity index (χ2n) is 5.63. The smallest absolute Gasteiger partial charge is 0.350 e. The van der Waals surface area contributed by atoms with Crippen molar-refractivity contribution in [3.63, 3.8) is 0 Å². The number of carbonyl (C=O) groups is 1. The number of hydrogen-bond acceptors (Lipinski definition) is 3. The van der Waals surface area contributed by atoms with E-state index >= 15 is 0 Å². The minimum Gasteiger partial charge on any atom is -0.350 e. The predicted octanol–water partition coefficient (Wildman–Crippen LogP) is 2.38. The molecular weight excluding hydrogens is 323 g/mol. The number of nitrogens with zero attached hydrogens (tertiary/aromatic N) is 4. The maximum Gasteiger partial charge on any atom is 0.435 e. The van der Waals surface area contributed by atoms with Gasteiger partial charge in [-0.1, -0.05) is 6.92 Å². The number of alkyl halides is 3. The van der Waals surface area contributed by atoms with Crippen LogP contribution >= 0.6 is 0 Å². The summed E-state index contributed by atoms with van der Waals surface area (Å²) >= 11 is 0. The van der Waals surface area contributed by atoms with Gasteiger partial charge in [0.1, 0.15) is 0 Å². The van der Waals surface area contributed by atoms with Crippen LogP contribution < -0.4 is 5.32 Å². The summed E-state index contributed by atoms with van der Waals surface area (Å²) in [5.41, 5.74) is 0.147. The molecule has 6 nitrogen and oxygen atoms in total. The van der Waals surface area contributed by atoms with Gasteiger partial charge in [0.05, 0.1) is 24.7 Å². The fraction of sp³-hybridized carbons (Fsp3) is 0.533. The third-order valence-electron chi connectivity index (χ3n) is 3.63. The highest BCUT2D eigenvalue weighted by atomic mass is 19.4. The molecule has 9 heteroatoms. The van der Waals surface area contributed by atoms with Gasteiger partial charge >= 0.3 is 6.18 Å². The van der Waals surface area contributed by atoms with E-state index in [2.05, 4.69) is 15.5 Å². The van der Waals surface area contributed by atoms with Crippen molar-refractivity contribution < 1.29 is 18.0 Å². The Kier molecular flexibility index (Phi) is 5.30. The van der Waals surface area contributed by atoms with E-state index in [4.69, 9.17) is 0 Å². The van der Waals surface area contributed by atoms with Crippen molar-refractivity contribution in [3.8, 4) is 0 Å². The Morgan fingerprint density at radius 3 is 2.62 bits per heavy atom. The van der Waals surface area contributed by atoms with Crippen LogP contribution in [0.3, 0.4) is 0 Å². The molecule has 132 valence electrons. The molecule has 0 saturated heterocycles. The largest absolute Gasteiger partial charge is 0.435 e. The molecule has 2 aromatic rings. The first kappa shape index (κ1) is 18.0. The van der Waals surface area contributed by atoms with E-state index in [-0.39, 0.29) is 19.0 Å². The molecule has 0 saturated carbocycles. The topological polar surface area (TPSA) is 64.7 Å². The lowest BCUT2D eigenvalue weighted by atomic mass is 10.1. The van der Waals surface area contributed by atoms with E-state index in [9.17, 15) is 18.0 Å². The maximum atomic E-state index is 12.7. The van der Waals surface area contributed by atoms with Gasteiger partial charge in [-0.25, -0.2) is 0 Å². The van der Waals surface area contributed by atoms with Gasteiger partial charge in [-0.3, -0.25) is 14.2 Å². The Hall–Kier alpha value is -2.32. The third-order valence-corrected chi connectivity index (χ3v) is 3.63.